The van der Waals surface area contributed by atoms with Crippen molar-refractivity contribution < 1.29 is 4.74 Å². The second-order valence-corrected chi connectivity index (χ2v) is 5.93. The summed E-state index contributed by atoms with van der Waals surface area (Å²) in [7, 11) is 0. The van der Waals surface area contributed by atoms with E-state index >= 15 is 0 Å². The van der Waals surface area contributed by atoms with Gasteiger partial charge in [0.2, 0.25) is 0 Å². The van der Waals surface area contributed by atoms with Crippen LogP contribution in [0.2, 0.25) is 0 Å². The zero-order chi connectivity index (χ0) is 13.9. The van der Waals surface area contributed by atoms with Crippen LogP contribution in [0.3, 0.4) is 0 Å². The van der Waals surface area contributed by atoms with Crippen LogP contribution < -0.4 is 5.32 Å². The first-order valence-corrected chi connectivity index (χ1v) is 7.88. The monoisotopic (exact) mass is 257 g/mol. The molecule has 2 heteroatoms. The zero-order valence-corrected chi connectivity index (χ0v) is 13.3. The van der Waals surface area contributed by atoms with E-state index in [9.17, 15) is 0 Å². The molecule has 1 N–H and O–H groups in total. The molecule has 0 aliphatic carbocycles. The van der Waals surface area contributed by atoms with Crippen LogP contribution in [0.5, 0.6) is 0 Å². The second kappa shape index (κ2) is 10.8. The van der Waals surface area contributed by atoms with Gasteiger partial charge in [-0.2, -0.15) is 0 Å². The van der Waals surface area contributed by atoms with E-state index < -0.39 is 0 Å². The Bertz CT molecular complexity index is 176. The molecule has 0 saturated heterocycles. The third-order valence-electron chi connectivity index (χ3n) is 4.04. The maximum Gasteiger partial charge on any atom is 0.0471 e. The molecule has 0 aromatic heterocycles. The molecule has 0 unspecified atom stereocenters. The lowest BCUT2D eigenvalue weighted by molar-refractivity contribution is 0.0816. The van der Waals surface area contributed by atoms with E-state index in [1.165, 1.54) is 32.1 Å². The highest BCUT2D eigenvalue weighted by Gasteiger charge is 2.25. The molecule has 0 saturated carbocycles. The fourth-order valence-electron chi connectivity index (χ4n) is 2.18. The largest absolute Gasteiger partial charge is 0.381 e. The highest BCUT2D eigenvalue weighted by Crippen LogP contribution is 2.29. The Hall–Kier alpha value is -0.0800. The van der Waals surface area contributed by atoms with Gasteiger partial charge in [0, 0.05) is 19.8 Å². The Morgan fingerprint density at radius 3 is 2.22 bits per heavy atom. The number of rotatable bonds is 12. The summed E-state index contributed by atoms with van der Waals surface area (Å²) in [5.41, 5.74) is 0.438. The third kappa shape index (κ3) is 8.10. The van der Waals surface area contributed by atoms with Crippen LogP contribution in [0, 0.1) is 11.3 Å². The van der Waals surface area contributed by atoms with E-state index in [-0.39, 0.29) is 0 Å². The highest BCUT2D eigenvalue weighted by molar-refractivity contribution is 4.79. The standard InChI is InChI=1S/C16H35NO/c1-6-11-17-14-16(7-2,8-3)10-13-18-12-9-15(4)5/h15,17H,6-14H2,1-5H3. The van der Waals surface area contributed by atoms with Gasteiger partial charge in [-0.1, -0.05) is 34.6 Å². The van der Waals surface area contributed by atoms with Crippen LogP contribution in [-0.2, 0) is 4.74 Å². The molecule has 0 spiro atoms. The van der Waals surface area contributed by atoms with Crippen molar-refractivity contribution >= 4 is 0 Å². The van der Waals surface area contributed by atoms with E-state index in [1.54, 1.807) is 0 Å². The summed E-state index contributed by atoms with van der Waals surface area (Å²) in [4.78, 5) is 0. The predicted molar refractivity (Wildman–Crippen MR) is 81.1 cm³/mol. The van der Waals surface area contributed by atoms with Gasteiger partial charge in [0.15, 0.2) is 0 Å². The first kappa shape index (κ1) is 17.9. The molecule has 0 aliphatic heterocycles. The number of hydrogen-bond donors (Lipinski definition) is 1. The highest BCUT2D eigenvalue weighted by atomic mass is 16.5. The lowest BCUT2D eigenvalue weighted by atomic mass is 9.79. The predicted octanol–water partition coefficient (Wildman–Crippen LogP) is 4.25. The molecule has 0 atom stereocenters. The van der Waals surface area contributed by atoms with E-state index in [4.69, 9.17) is 4.74 Å². The van der Waals surface area contributed by atoms with Crippen LogP contribution in [0.1, 0.15) is 66.7 Å². The van der Waals surface area contributed by atoms with E-state index in [1.807, 2.05) is 0 Å². The van der Waals surface area contributed by atoms with Crippen LogP contribution in [0.4, 0.5) is 0 Å². The van der Waals surface area contributed by atoms with E-state index in [2.05, 4.69) is 39.9 Å². The van der Waals surface area contributed by atoms with Crippen molar-refractivity contribution in [3.63, 3.8) is 0 Å². The lowest BCUT2D eigenvalue weighted by Crippen LogP contribution is -2.35. The molecule has 2 nitrogen and oxygen atoms in total. The van der Waals surface area contributed by atoms with Gasteiger partial charge in [0.25, 0.3) is 0 Å². The fourth-order valence-corrected chi connectivity index (χ4v) is 2.18. The molecular formula is C16H35NO. The molecule has 0 aliphatic rings. The average molecular weight is 257 g/mol. The van der Waals surface area contributed by atoms with Gasteiger partial charge in [-0.05, 0) is 50.0 Å². The molecule has 0 radical (unpaired) electrons. The van der Waals surface area contributed by atoms with Crippen LogP contribution in [0.15, 0.2) is 0 Å². The van der Waals surface area contributed by atoms with Crippen molar-refractivity contribution in [2.75, 3.05) is 26.3 Å². The zero-order valence-electron chi connectivity index (χ0n) is 13.3. The normalized spacial score (nSPS) is 12.3. The molecule has 0 amide bonds. The van der Waals surface area contributed by atoms with Crippen molar-refractivity contribution in [3.05, 3.63) is 0 Å². The molecule has 0 aromatic carbocycles. The molecule has 0 heterocycles. The summed E-state index contributed by atoms with van der Waals surface area (Å²) in [6.45, 7) is 15.5. The molecule has 0 aromatic rings. The van der Waals surface area contributed by atoms with Crippen molar-refractivity contribution in [1.29, 1.82) is 0 Å². The quantitative estimate of drug-likeness (QED) is 0.528. The third-order valence-corrected chi connectivity index (χ3v) is 4.04. The topological polar surface area (TPSA) is 21.3 Å². The van der Waals surface area contributed by atoms with Crippen LogP contribution in [0.25, 0.3) is 0 Å². The Morgan fingerprint density at radius 1 is 1.06 bits per heavy atom. The lowest BCUT2D eigenvalue weighted by Gasteiger charge is -2.32. The first-order chi connectivity index (χ1) is 8.60. The molecule has 0 fully saturated rings. The summed E-state index contributed by atoms with van der Waals surface area (Å²) in [6.07, 6.45) is 6.07. The number of nitrogens with one attached hydrogen (secondary N) is 1. The first-order valence-electron chi connectivity index (χ1n) is 7.88. The van der Waals surface area contributed by atoms with Crippen LogP contribution in [-0.4, -0.2) is 26.3 Å². The second-order valence-electron chi connectivity index (χ2n) is 5.93. The van der Waals surface area contributed by atoms with E-state index in [0.717, 1.165) is 32.2 Å². The molecular weight excluding hydrogens is 222 g/mol. The van der Waals surface area contributed by atoms with E-state index in [0.29, 0.717) is 5.41 Å². The van der Waals surface area contributed by atoms with Gasteiger partial charge in [0.1, 0.15) is 0 Å². The summed E-state index contributed by atoms with van der Waals surface area (Å²) < 4.78 is 5.78. The van der Waals surface area contributed by atoms with Gasteiger partial charge in [-0.25, -0.2) is 0 Å². The molecule has 0 bridgehead atoms. The summed E-state index contributed by atoms with van der Waals surface area (Å²) >= 11 is 0. The minimum Gasteiger partial charge on any atom is -0.381 e. The number of hydrogen-bond acceptors (Lipinski definition) is 2. The molecule has 18 heavy (non-hydrogen) atoms. The van der Waals surface area contributed by atoms with Gasteiger partial charge in [-0.3, -0.25) is 0 Å². The Kier molecular flexibility index (Phi) is 10.8. The van der Waals surface area contributed by atoms with Crippen molar-refractivity contribution in [2.45, 2.75) is 66.7 Å². The molecule has 0 rings (SSSR count). The Morgan fingerprint density at radius 2 is 1.72 bits per heavy atom. The maximum atomic E-state index is 5.78. The average Bonchev–Trinajstić information content (AvgIpc) is 2.36. The molecule has 110 valence electrons. The summed E-state index contributed by atoms with van der Waals surface area (Å²) in [6, 6.07) is 0. The Labute approximate surface area is 115 Å². The maximum absolute atomic E-state index is 5.78. The van der Waals surface area contributed by atoms with Gasteiger partial charge >= 0.3 is 0 Å². The SMILES string of the molecule is CCCNCC(CC)(CC)CCOCCC(C)C. The summed E-state index contributed by atoms with van der Waals surface area (Å²) in [5.74, 6) is 0.748. The van der Waals surface area contributed by atoms with Gasteiger partial charge in [-0.15, -0.1) is 0 Å². The van der Waals surface area contributed by atoms with Crippen LogP contribution >= 0.6 is 0 Å². The smallest absolute Gasteiger partial charge is 0.0471 e. The fraction of sp³-hybridized carbons (Fsp3) is 1.00. The minimum absolute atomic E-state index is 0.438. The Balaban J connectivity index is 3.86. The minimum atomic E-state index is 0.438. The van der Waals surface area contributed by atoms with Gasteiger partial charge in [0.05, 0.1) is 0 Å². The number of ether oxygens (including phenoxy) is 1. The van der Waals surface area contributed by atoms with Crippen molar-refractivity contribution in [3.8, 4) is 0 Å². The van der Waals surface area contributed by atoms with Crippen molar-refractivity contribution in [2.24, 2.45) is 11.3 Å². The summed E-state index contributed by atoms with van der Waals surface area (Å²) in [5, 5.41) is 3.58. The van der Waals surface area contributed by atoms with Crippen molar-refractivity contribution in [1.82, 2.24) is 5.32 Å². The van der Waals surface area contributed by atoms with Gasteiger partial charge < -0.3 is 10.1 Å².